The van der Waals surface area contributed by atoms with Crippen molar-refractivity contribution in [2.75, 3.05) is 4.90 Å². The number of carbonyl (C=O) groups is 2. The summed E-state index contributed by atoms with van der Waals surface area (Å²) in [6.07, 6.45) is -0.630. The van der Waals surface area contributed by atoms with Gasteiger partial charge >= 0.3 is 6.09 Å². The van der Waals surface area contributed by atoms with Crippen LogP contribution in [0.2, 0.25) is 0 Å². The predicted octanol–water partition coefficient (Wildman–Crippen LogP) is 4.32. The number of carbonyl (C=O) groups excluding carboxylic acids is 2. The van der Waals surface area contributed by atoms with Crippen molar-refractivity contribution in [3.05, 3.63) is 27.7 Å². The van der Waals surface area contributed by atoms with Crippen molar-refractivity contribution in [2.45, 2.75) is 52.6 Å². The maximum atomic E-state index is 12.6. The highest BCUT2D eigenvalue weighted by Crippen LogP contribution is 2.44. The van der Waals surface area contributed by atoms with Gasteiger partial charge < -0.3 is 4.74 Å². The molecule has 5 heteroatoms. The second kappa shape index (κ2) is 4.83. The maximum absolute atomic E-state index is 12.6. The average molecular weight is 354 g/mol. The molecule has 0 bridgehead atoms. The normalized spacial score (nSPS) is 16.9. The number of rotatable bonds is 0. The molecule has 1 aromatic carbocycles. The molecule has 0 saturated carbocycles. The van der Waals surface area contributed by atoms with Gasteiger partial charge in [-0.15, -0.1) is 0 Å². The van der Waals surface area contributed by atoms with Crippen LogP contribution in [0.25, 0.3) is 0 Å². The molecular weight excluding hydrogens is 334 g/mol. The van der Waals surface area contributed by atoms with Gasteiger partial charge in [-0.25, -0.2) is 9.69 Å². The van der Waals surface area contributed by atoms with E-state index in [1.165, 1.54) is 0 Å². The molecule has 0 radical (unpaired) electrons. The molecule has 1 aliphatic heterocycles. The van der Waals surface area contributed by atoms with E-state index < -0.39 is 17.1 Å². The van der Waals surface area contributed by atoms with Crippen molar-refractivity contribution in [3.63, 3.8) is 0 Å². The first-order valence-electron chi connectivity index (χ1n) is 6.83. The van der Waals surface area contributed by atoms with Crippen LogP contribution < -0.4 is 4.90 Å². The SMILES string of the molecule is Cc1cc2c(cc1Br)N(C(=O)OC(C)(C)C)C(=O)C2(C)C. The number of benzene rings is 1. The third-order valence-corrected chi connectivity index (χ3v) is 4.36. The smallest absolute Gasteiger partial charge is 0.421 e. The minimum Gasteiger partial charge on any atom is -0.443 e. The van der Waals surface area contributed by atoms with Crippen LogP contribution in [0.4, 0.5) is 10.5 Å². The molecule has 0 aromatic heterocycles. The summed E-state index contributed by atoms with van der Waals surface area (Å²) < 4.78 is 6.22. The highest BCUT2D eigenvalue weighted by molar-refractivity contribution is 9.10. The van der Waals surface area contributed by atoms with Crippen molar-refractivity contribution in [3.8, 4) is 0 Å². The standard InChI is InChI=1S/C16H20BrNO3/c1-9-7-10-12(8-11(9)17)18(13(19)16(10,5)6)14(20)21-15(2,3)4/h7-8H,1-6H3. The summed E-state index contributed by atoms with van der Waals surface area (Å²) in [6, 6.07) is 3.75. The predicted molar refractivity (Wildman–Crippen MR) is 85.6 cm³/mol. The van der Waals surface area contributed by atoms with E-state index in [9.17, 15) is 9.59 Å². The minimum absolute atomic E-state index is 0.260. The Bertz CT molecular complexity index is 629. The van der Waals surface area contributed by atoms with Crippen molar-refractivity contribution >= 4 is 33.6 Å². The Hall–Kier alpha value is -1.36. The average Bonchev–Trinajstić information content (AvgIpc) is 2.47. The largest absolute Gasteiger partial charge is 0.443 e. The summed E-state index contributed by atoms with van der Waals surface area (Å²) in [5, 5.41) is 0. The van der Waals surface area contributed by atoms with E-state index in [1.54, 1.807) is 26.8 Å². The van der Waals surface area contributed by atoms with Gasteiger partial charge in [0.1, 0.15) is 5.60 Å². The Kier molecular flexibility index (Phi) is 3.69. The lowest BCUT2D eigenvalue weighted by atomic mass is 9.85. The Morgan fingerprint density at radius 3 is 2.38 bits per heavy atom. The Balaban J connectivity index is 2.54. The van der Waals surface area contributed by atoms with Crippen molar-refractivity contribution < 1.29 is 14.3 Å². The molecule has 0 atom stereocenters. The number of nitrogens with zero attached hydrogens (tertiary/aromatic N) is 1. The van der Waals surface area contributed by atoms with Gasteiger partial charge in [0, 0.05) is 4.47 Å². The zero-order valence-electron chi connectivity index (χ0n) is 13.2. The van der Waals surface area contributed by atoms with Crippen LogP contribution >= 0.6 is 15.9 Å². The highest BCUT2D eigenvalue weighted by atomic mass is 79.9. The van der Waals surface area contributed by atoms with Gasteiger partial charge in [0.2, 0.25) is 5.91 Å². The number of amides is 2. The van der Waals surface area contributed by atoms with Crippen molar-refractivity contribution in [1.82, 2.24) is 0 Å². The maximum Gasteiger partial charge on any atom is 0.421 e. The first-order chi connectivity index (χ1) is 9.45. The summed E-state index contributed by atoms with van der Waals surface area (Å²) in [6.45, 7) is 11.0. The molecule has 1 aliphatic rings. The zero-order valence-corrected chi connectivity index (χ0v) is 14.8. The quantitative estimate of drug-likeness (QED) is 0.697. The number of fused-ring (bicyclic) bond motifs is 1. The van der Waals surface area contributed by atoms with Crippen LogP contribution in [-0.2, 0) is 14.9 Å². The van der Waals surface area contributed by atoms with E-state index in [-0.39, 0.29) is 5.91 Å². The molecule has 114 valence electrons. The monoisotopic (exact) mass is 353 g/mol. The number of anilines is 1. The fourth-order valence-electron chi connectivity index (χ4n) is 2.35. The number of ether oxygens (including phenoxy) is 1. The number of hydrogen-bond acceptors (Lipinski definition) is 3. The molecule has 0 unspecified atom stereocenters. The molecule has 0 N–H and O–H groups in total. The Labute approximate surface area is 133 Å². The molecule has 2 rings (SSSR count). The number of hydrogen-bond donors (Lipinski definition) is 0. The van der Waals surface area contributed by atoms with Crippen LogP contribution in [0.5, 0.6) is 0 Å². The summed E-state index contributed by atoms with van der Waals surface area (Å²) in [5.41, 5.74) is 1.08. The second-order valence-electron chi connectivity index (χ2n) is 6.86. The lowest BCUT2D eigenvalue weighted by molar-refractivity contribution is -0.121. The van der Waals surface area contributed by atoms with Gasteiger partial charge in [-0.2, -0.15) is 0 Å². The van der Waals surface area contributed by atoms with E-state index in [0.29, 0.717) is 5.69 Å². The van der Waals surface area contributed by atoms with E-state index in [1.807, 2.05) is 26.8 Å². The van der Waals surface area contributed by atoms with Crippen LogP contribution in [0, 0.1) is 6.92 Å². The summed E-state index contributed by atoms with van der Waals surface area (Å²) in [4.78, 5) is 26.2. The van der Waals surface area contributed by atoms with Gasteiger partial charge in [0.15, 0.2) is 0 Å². The van der Waals surface area contributed by atoms with Crippen molar-refractivity contribution in [2.24, 2.45) is 0 Å². The molecule has 0 aliphatic carbocycles. The molecule has 0 fully saturated rings. The van der Waals surface area contributed by atoms with Crippen LogP contribution in [0.3, 0.4) is 0 Å². The highest BCUT2D eigenvalue weighted by Gasteiger charge is 2.48. The molecule has 1 heterocycles. The Morgan fingerprint density at radius 1 is 1.29 bits per heavy atom. The lowest BCUT2D eigenvalue weighted by Gasteiger charge is -2.24. The topological polar surface area (TPSA) is 46.6 Å². The van der Waals surface area contributed by atoms with Gasteiger partial charge in [0.05, 0.1) is 11.1 Å². The number of halogens is 1. The molecule has 0 saturated heterocycles. The molecule has 1 aromatic rings. The van der Waals surface area contributed by atoms with Crippen LogP contribution in [0.1, 0.15) is 45.7 Å². The van der Waals surface area contributed by atoms with E-state index >= 15 is 0 Å². The van der Waals surface area contributed by atoms with Gasteiger partial charge in [-0.05, 0) is 58.7 Å². The van der Waals surface area contributed by atoms with E-state index in [2.05, 4.69) is 15.9 Å². The van der Waals surface area contributed by atoms with Gasteiger partial charge in [-0.1, -0.05) is 22.0 Å². The first-order valence-corrected chi connectivity index (χ1v) is 7.62. The summed E-state index contributed by atoms with van der Waals surface area (Å²) in [5.74, 6) is -0.260. The summed E-state index contributed by atoms with van der Waals surface area (Å²) >= 11 is 3.45. The van der Waals surface area contributed by atoms with Gasteiger partial charge in [-0.3, -0.25) is 4.79 Å². The molecule has 4 nitrogen and oxygen atoms in total. The van der Waals surface area contributed by atoms with E-state index in [4.69, 9.17) is 4.74 Å². The minimum atomic E-state index is -0.738. The molecule has 2 amide bonds. The van der Waals surface area contributed by atoms with Crippen molar-refractivity contribution in [1.29, 1.82) is 0 Å². The number of aryl methyl sites for hydroxylation is 1. The fraction of sp³-hybridized carbons (Fsp3) is 0.500. The molecular formula is C16H20BrNO3. The molecule has 0 spiro atoms. The zero-order chi connectivity index (χ0) is 16.2. The lowest BCUT2D eigenvalue weighted by Crippen LogP contribution is -2.43. The molecule has 21 heavy (non-hydrogen) atoms. The van der Waals surface area contributed by atoms with E-state index in [0.717, 1.165) is 20.5 Å². The summed E-state index contributed by atoms with van der Waals surface area (Å²) in [7, 11) is 0. The second-order valence-corrected chi connectivity index (χ2v) is 7.72. The third-order valence-electron chi connectivity index (χ3n) is 3.51. The third kappa shape index (κ3) is 2.71. The first kappa shape index (κ1) is 16.0. The van der Waals surface area contributed by atoms with Crippen LogP contribution in [0.15, 0.2) is 16.6 Å². The van der Waals surface area contributed by atoms with Crippen LogP contribution in [-0.4, -0.2) is 17.6 Å². The van der Waals surface area contributed by atoms with Gasteiger partial charge in [0.25, 0.3) is 0 Å². The fourth-order valence-corrected chi connectivity index (χ4v) is 2.68. The number of imide groups is 1. The Morgan fingerprint density at radius 2 is 1.86 bits per heavy atom.